The molecule has 5 nitrogen and oxygen atoms in total. The van der Waals surface area contributed by atoms with Gasteiger partial charge in [-0.3, -0.25) is 0 Å². The molecule has 150 valence electrons. The number of aromatic nitrogens is 2. The fourth-order valence-electron chi connectivity index (χ4n) is 3.22. The van der Waals surface area contributed by atoms with Gasteiger partial charge in [0.25, 0.3) is 0 Å². The number of nitrogens with zero attached hydrogens (tertiary/aromatic N) is 3. The summed E-state index contributed by atoms with van der Waals surface area (Å²) in [7, 11) is 0. The van der Waals surface area contributed by atoms with E-state index in [1.807, 2.05) is 65.1 Å². The maximum atomic E-state index is 13.0. The summed E-state index contributed by atoms with van der Waals surface area (Å²) in [5, 5.41) is 3.04. The van der Waals surface area contributed by atoms with E-state index in [9.17, 15) is 4.79 Å². The molecule has 0 saturated heterocycles. The monoisotopic (exact) mass is 388 g/mol. The number of carbonyl (C=O) groups excluding carboxylic acids is 1. The molecule has 3 aromatic rings. The zero-order chi connectivity index (χ0) is 20.5. The van der Waals surface area contributed by atoms with E-state index < -0.39 is 0 Å². The smallest absolute Gasteiger partial charge is 0.322 e. The van der Waals surface area contributed by atoms with Crippen molar-refractivity contribution < 1.29 is 4.79 Å². The van der Waals surface area contributed by atoms with E-state index in [1.165, 1.54) is 0 Å². The number of hydrogen-bond acceptors (Lipinski definition) is 2. The minimum atomic E-state index is -0.0814. The number of rotatable bonds is 8. The van der Waals surface area contributed by atoms with Crippen LogP contribution in [0.3, 0.4) is 0 Å². The largest absolute Gasteiger partial charge is 0.337 e. The average Bonchev–Trinajstić information content (AvgIpc) is 3.21. The van der Waals surface area contributed by atoms with Gasteiger partial charge < -0.3 is 14.8 Å². The quantitative estimate of drug-likeness (QED) is 0.575. The number of hydrogen-bond donors (Lipinski definition) is 1. The topological polar surface area (TPSA) is 50.2 Å². The zero-order valence-electron chi connectivity index (χ0n) is 17.1. The molecule has 2 aromatic carbocycles. The summed E-state index contributed by atoms with van der Waals surface area (Å²) in [6.07, 6.45) is 8.50. The third-order valence-corrected chi connectivity index (χ3v) is 4.61. The van der Waals surface area contributed by atoms with Gasteiger partial charge in [0.2, 0.25) is 0 Å². The normalized spacial score (nSPS) is 11.3. The SMILES string of the molecule is C/C(=C\c1ccccc1)CN(CCCn1ccnc1)C(=O)Nc1cccc(C)c1. The fourth-order valence-corrected chi connectivity index (χ4v) is 3.22. The number of imidazole rings is 1. The van der Waals surface area contributed by atoms with E-state index in [2.05, 4.69) is 35.4 Å². The Hall–Kier alpha value is -3.34. The van der Waals surface area contributed by atoms with Gasteiger partial charge in [-0.15, -0.1) is 0 Å². The van der Waals surface area contributed by atoms with Crippen LogP contribution in [0.5, 0.6) is 0 Å². The molecule has 0 atom stereocenters. The molecule has 1 aromatic heterocycles. The summed E-state index contributed by atoms with van der Waals surface area (Å²) in [6, 6.07) is 18.0. The molecular formula is C24H28N4O. The van der Waals surface area contributed by atoms with Crippen molar-refractivity contribution >= 4 is 17.8 Å². The minimum absolute atomic E-state index is 0.0814. The van der Waals surface area contributed by atoms with E-state index in [0.717, 1.165) is 35.4 Å². The van der Waals surface area contributed by atoms with E-state index in [1.54, 1.807) is 12.5 Å². The Balaban J connectivity index is 1.67. The van der Waals surface area contributed by atoms with Gasteiger partial charge in [0, 0.05) is 37.7 Å². The molecule has 0 aliphatic rings. The third-order valence-electron chi connectivity index (χ3n) is 4.61. The van der Waals surface area contributed by atoms with Crippen molar-refractivity contribution in [2.45, 2.75) is 26.8 Å². The lowest BCUT2D eigenvalue weighted by Gasteiger charge is -2.24. The van der Waals surface area contributed by atoms with Crippen LogP contribution in [0.1, 0.15) is 24.5 Å². The van der Waals surface area contributed by atoms with Crippen LogP contribution in [0.25, 0.3) is 6.08 Å². The molecule has 0 aliphatic carbocycles. The van der Waals surface area contributed by atoms with Gasteiger partial charge in [-0.1, -0.05) is 54.1 Å². The second-order valence-corrected chi connectivity index (χ2v) is 7.28. The molecule has 29 heavy (non-hydrogen) atoms. The van der Waals surface area contributed by atoms with Gasteiger partial charge >= 0.3 is 6.03 Å². The number of anilines is 1. The van der Waals surface area contributed by atoms with Crippen LogP contribution in [0, 0.1) is 6.92 Å². The zero-order valence-corrected chi connectivity index (χ0v) is 17.1. The maximum Gasteiger partial charge on any atom is 0.322 e. The van der Waals surface area contributed by atoms with Crippen molar-refractivity contribution in [2.75, 3.05) is 18.4 Å². The van der Waals surface area contributed by atoms with Crippen LogP contribution < -0.4 is 5.32 Å². The van der Waals surface area contributed by atoms with Crippen LogP contribution in [-0.4, -0.2) is 33.6 Å². The number of aryl methyl sites for hydroxylation is 2. The second kappa shape index (κ2) is 10.3. The van der Waals surface area contributed by atoms with Gasteiger partial charge in [0.05, 0.1) is 6.33 Å². The number of carbonyl (C=O) groups is 1. The summed E-state index contributed by atoms with van der Waals surface area (Å²) < 4.78 is 2.03. The van der Waals surface area contributed by atoms with Gasteiger partial charge in [-0.25, -0.2) is 9.78 Å². The first kappa shape index (κ1) is 20.4. The van der Waals surface area contributed by atoms with Crippen LogP contribution >= 0.6 is 0 Å². The lowest BCUT2D eigenvalue weighted by molar-refractivity contribution is 0.214. The fraction of sp³-hybridized carbons (Fsp3) is 0.250. The predicted octanol–water partition coefficient (Wildman–Crippen LogP) is 5.22. The molecule has 0 spiro atoms. The lowest BCUT2D eigenvalue weighted by atomic mass is 10.1. The van der Waals surface area contributed by atoms with Gasteiger partial charge in [0.15, 0.2) is 0 Å². The number of nitrogens with one attached hydrogen (secondary N) is 1. The molecular weight excluding hydrogens is 360 g/mol. The van der Waals surface area contributed by atoms with E-state index in [4.69, 9.17) is 0 Å². The molecule has 1 N–H and O–H groups in total. The van der Waals surface area contributed by atoms with E-state index >= 15 is 0 Å². The molecule has 5 heteroatoms. The highest BCUT2D eigenvalue weighted by molar-refractivity contribution is 5.89. The van der Waals surface area contributed by atoms with Crippen molar-refractivity contribution in [1.29, 1.82) is 0 Å². The third kappa shape index (κ3) is 6.64. The standard InChI is InChI=1S/C24H28N4O/c1-20-8-6-11-23(17-20)26-24(29)28(14-7-13-27-15-12-25-19-27)18-21(2)16-22-9-4-3-5-10-22/h3-6,8-12,15-17,19H,7,13-14,18H2,1-2H3,(H,26,29)/b21-16+. The number of urea groups is 1. The molecule has 1 heterocycles. The Morgan fingerprint density at radius 1 is 1.17 bits per heavy atom. The van der Waals surface area contributed by atoms with Crippen LogP contribution in [0.15, 0.2) is 78.9 Å². The second-order valence-electron chi connectivity index (χ2n) is 7.28. The molecule has 0 radical (unpaired) electrons. The first-order valence-electron chi connectivity index (χ1n) is 9.91. The molecule has 0 bridgehead atoms. The highest BCUT2D eigenvalue weighted by Gasteiger charge is 2.14. The number of benzene rings is 2. The van der Waals surface area contributed by atoms with Crippen molar-refractivity contribution in [2.24, 2.45) is 0 Å². The van der Waals surface area contributed by atoms with Crippen molar-refractivity contribution in [3.8, 4) is 0 Å². The van der Waals surface area contributed by atoms with Crippen molar-refractivity contribution in [3.63, 3.8) is 0 Å². The number of amides is 2. The van der Waals surface area contributed by atoms with Crippen LogP contribution in [0.4, 0.5) is 10.5 Å². The van der Waals surface area contributed by atoms with Crippen molar-refractivity contribution in [3.05, 3.63) is 90.0 Å². The molecule has 2 amide bonds. The summed E-state index contributed by atoms with van der Waals surface area (Å²) in [6.45, 7) is 6.16. The Kier molecular flexibility index (Phi) is 7.22. The lowest BCUT2D eigenvalue weighted by Crippen LogP contribution is -2.37. The average molecular weight is 389 g/mol. The first-order chi connectivity index (χ1) is 14.1. The Bertz CT molecular complexity index is 933. The minimum Gasteiger partial charge on any atom is -0.337 e. The molecule has 0 saturated carbocycles. The molecule has 3 rings (SSSR count). The van der Waals surface area contributed by atoms with Crippen LogP contribution in [-0.2, 0) is 6.54 Å². The summed E-state index contributed by atoms with van der Waals surface area (Å²) in [5.74, 6) is 0. The Labute approximate surface area is 172 Å². The van der Waals surface area contributed by atoms with Gasteiger partial charge in [-0.05, 0) is 43.5 Å². The predicted molar refractivity (Wildman–Crippen MR) is 119 cm³/mol. The van der Waals surface area contributed by atoms with Gasteiger partial charge in [0.1, 0.15) is 0 Å². The maximum absolute atomic E-state index is 13.0. The Morgan fingerprint density at radius 3 is 2.72 bits per heavy atom. The highest BCUT2D eigenvalue weighted by atomic mass is 16.2. The van der Waals surface area contributed by atoms with Gasteiger partial charge in [-0.2, -0.15) is 0 Å². The summed E-state index contributed by atoms with van der Waals surface area (Å²) in [5.41, 5.74) is 4.22. The van der Waals surface area contributed by atoms with Crippen molar-refractivity contribution in [1.82, 2.24) is 14.5 Å². The summed E-state index contributed by atoms with van der Waals surface area (Å²) >= 11 is 0. The highest BCUT2D eigenvalue weighted by Crippen LogP contribution is 2.13. The van der Waals surface area contributed by atoms with Crippen LogP contribution in [0.2, 0.25) is 0 Å². The molecule has 0 aliphatic heterocycles. The molecule has 0 fully saturated rings. The molecule has 0 unspecified atom stereocenters. The Morgan fingerprint density at radius 2 is 2.00 bits per heavy atom. The summed E-state index contributed by atoms with van der Waals surface area (Å²) in [4.78, 5) is 18.9. The van der Waals surface area contributed by atoms with E-state index in [-0.39, 0.29) is 6.03 Å². The van der Waals surface area contributed by atoms with E-state index in [0.29, 0.717) is 13.1 Å². The first-order valence-corrected chi connectivity index (χ1v) is 9.91.